The first-order chi connectivity index (χ1) is 13.5. The van der Waals surface area contributed by atoms with Crippen LogP contribution in [0.1, 0.15) is 39.6 Å². The van der Waals surface area contributed by atoms with Crippen LogP contribution < -0.4 is 5.32 Å². The lowest BCUT2D eigenvalue weighted by molar-refractivity contribution is -0.141. The van der Waals surface area contributed by atoms with Gasteiger partial charge in [0, 0.05) is 50.0 Å². The lowest BCUT2D eigenvalue weighted by Crippen LogP contribution is -2.67. The summed E-state index contributed by atoms with van der Waals surface area (Å²) in [5.74, 6) is 0.0649. The molecule has 2 aliphatic rings. The summed E-state index contributed by atoms with van der Waals surface area (Å²) in [6.07, 6.45) is 2.90. The number of piperidine rings is 1. The Bertz CT molecular complexity index is 871. The molecule has 0 aromatic carbocycles. The largest absolute Gasteiger partial charge is 0.353 e. The SMILES string of the molecule is Cc1ccc(C(=O)N2CCC3(CC2)C(=O)NCCN3Cc2csc(C)n2)cn1. The van der Waals surface area contributed by atoms with E-state index < -0.39 is 5.54 Å². The third kappa shape index (κ3) is 3.54. The fraction of sp³-hybridized carbons (Fsp3) is 0.500. The maximum Gasteiger partial charge on any atom is 0.255 e. The summed E-state index contributed by atoms with van der Waals surface area (Å²) in [7, 11) is 0. The molecule has 4 rings (SSSR count). The van der Waals surface area contributed by atoms with Crippen molar-refractivity contribution in [3.63, 3.8) is 0 Å². The Balaban J connectivity index is 1.48. The topological polar surface area (TPSA) is 78.4 Å². The fourth-order valence-corrected chi connectivity index (χ4v) is 4.74. The molecule has 7 nitrogen and oxygen atoms in total. The zero-order valence-electron chi connectivity index (χ0n) is 16.3. The number of carbonyl (C=O) groups is 2. The maximum atomic E-state index is 12.9. The molecule has 2 aromatic rings. The number of hydrogen-bond acceptors (Lipinski definition) is 6. The normalized spacial score (nSPS) is 19.6. The van der Waals surface area contributed by atoms with E-state index in [4.69, 9.17) is 0 Å². The molecule has 2 saturated heterocycles. The van der Waals surface area contributed by atoms with Crippen LogP contribution in [0.4, 0.5) is 0 Å². The molecule has 0 aliphatic carbocycles. The highest BCUT2D eigenvalue weighted by Crippen LogP contribution is 2.33. The molecule has 2 aliphatic heterocycles. The fourth-order valence-electron chi connectivity index (χ4n) is 4.13. The van der Waals surface area contributed by atoms with Crippen LogP contribution in [-0.2, 0) is 11.3 Å². The monoisotopic (exact) mass is 399 g/mol. The first-order valence-corrected chi connectivity index (χ1v) is 10.5. The average Bonchev–Trinajstić information content (AvgIpc) is 3.11. The Morgan fingerprint density at radius 3 is 2.68 bits per heavy atom. The molecule has 148 valence electrons. The number of nitrogens with zero attached hydrogens (tertiary/aromatic N) is 4. The van der Waals surface area contributed by atoms with Crippen molar-refractivity contribution in [1.82, 2.24) is 25.1 Å². The second-order valence-electron chi connectivity index (χ2n) is 7.55. The van der Waals surface area contributed by atoms with Crippen LogP contribution in [0.3, 0.4) is 0 Å². The molecule has 0 saturated carbocycles. The minimum Gasteiger partial charge on any atom is -0.353 e. The number of aryl methyl sites for hydroxylation is 2. The van der Waals surface area contributed by atoms with E-state index in [1.807, 2.05) is 30.9 Å². The highest BCUT2D eigenvalue weighted by atomic mass is 32.1. The van der Waals surface area contributed by atoms with Crippen molar-refractivity contribution in [2.45, 2.75) is 38.8 Å². The van der Waals surface area contributed by atoms with E-state index in [2.05, 4.69) is 25.6 Å². The third-order valence-electron chi connectivity index (χ3n) is 5.75. The summed E-state index contributed by atoms with van der Waals surface area (Å²) in [5.41, 5.74) is 1.95. The highest BCUT2D eigenvalue weighted by molar-refractivity contribution is 7.09. The molecule has 2 aromatic heterocycles. The second kappa shape index (κ2) is 7.60. The van der Waals surface area contributed by atoms with Crippen molar-refractivity contribution in [2.24, 2.45) is 0 Å². The Hall–Kier alpha value is -2.32. The van der Waals surface area contributed by atoms with E-state index in [1.165, 1.54) is 0 Å². The Kier molecular flexibility index (Phi) is 5.16. The van der Waals surface area contributed by atoms with Crippen molar-refractivity contribution >= 4 is 23.2 Å². The van der Waals surface area contributed by atoms with Gasteiger partial charge in [-0.15, -0.1) is 11.3 Å². The van der Waals surface area contributed by atoms with Gasteiger partial charge in [-0.3, -0.25) is 19.5 Å². The number of carbonyl (C=O) groups excluding carboxylic acids is 2. The van der Waals surface area contributed by atoms with Crippen LogP contribution in [0.2, 0.25) is 0 Å². The second-order valence-corrected chi connectivity index (χ2v) is 8.61. The average molecular weight is 400 g/mol. The number of pyridine rings is 1. The molecule has 0 unspecified atom stereocenters. The number of likely N-dealkylation sites (tertiary alicyclic amines) is 1. The van der Waals surface area contributed by atoms with E-state index in [0.29, 0.717) is 44.6 Å². The number of rotatable bonds is 3. The van der Waals surface area contributed by atoms with Crippen LogP contribution in [0.5, 0.6) is 0 Å². The molecular weight excluding hydrogens is 374 g/mol. The van der Waals surface area contributed by atoms with Crippen LogP contribution in [0, 0.1) is 13.8 Å². The lowest BCUT2D eigenvalue weighted by Gasteiger charge is -2.49. The van der Waals surface area contributed by atoms with Gasteiger partial charge in [-0.25, -0.2) is 4.98 Å². The Morgan fingerprint density at radius 2 is 2.04 bits per heavy atom. The van der Waals surface area contributed by atoms with Gasteiger partial charge >= 0.3 is 0 Å². The molecule has 1 spiro atoms. The molecule has 1 N–H and O–H groups in total. The maximum absolute atomic E-state index is 12.9. The van der Waals surface area contributed by atoms with E-state index in [9.17, 15) is 9.59 Å². The Labute approximate surface area is 168 Å². The van der Waals surface area contributed by atoms with Crippen molar-refractivity contribution < 1.29 is 9.59 Å². The summed E-state index contributed by atoms with van der Waals surface area (Å²) in [5, 5.41) is 6.14. The van der Waals surface area contributed by atoms with Crippen LogP contribution in [0.15, 0.2) is 23.7 Å². The third-order valence-corrected chi connectivity index (χ3v) is 6.57. The minimum atomic E-state index is -0.557. The van der Waals surface area contributed by atoms with Gasteiger partial charge in [0.05, 0.1) is 16.3 Å². The van der Waals surface area contributed by atoms with Gasteiger partial charge in [0.2, 0.25) is 5.91 Å². The number of piperazine rings is 1. The van der Waals surface area contributed by atoms with Crippen LogP contribution >= 0.6 is 11.3 Å². The number of aromatic nitrogens is 2. The van der Waals surface area contributed by atoms with Gasteiger partial charge < -0.3 is 10.2 Å². The molecule has 2 fully saturated rings. The molecule has 28 heavy (non-hydrogen) atoms. The summed E-state index contributed by atoms with van der Waals surface area (Å²) < 4.78 is 0. The standard InChI is InChI=1S/C20H25N5O2S/c1-14-3-4-16(11-22-14)18(26)24-8-5-20(6-9-24)19(27)21-7-10-25(20)12-17-13-28-15(2)23-17/h3-4,11,13H,5-10,12H2,1-2H3,(H,21,27). The van der Waals surface area contributed by atoms with Crippen LogP contribution in [0.25, 0.3) is 0 Å². The van der Waals surface area contributed by atoms with E-state index in [1.54, 1.807) is 17.5 Å². The molecule has 8 heteroatoms. The number of amides is 2. The van der Waals surface area contributed by atoms with Crippen molar-refractivity contribution in [3.05, 3.63) is 45.7 Å². The number of nitrogens with one attached hydrogen (secondary N) is 1. The lowest BCUT2D eigenvalue weighted by atomic mass is 9.82. The minimum absolute atomic E-state index is 0.0137. The zero-order valence-corrected chi connectivity index (χ0v) is 17.1. The van der Waals surface area contributed by atoms with Gasteiger partial charge in [0.25, 0.3) is 5.91 Å². The molecule has 0 atom stereocenters. The van der Waals surface area contributed by atoms with Gasteiger partial charge in [-0.05, 0) is 38.8 Å². The predicted molar refractivity (Wildman–Crippen MR) is 107 cm³/mol. The first kappa shape index (κ1) is 19.0. The smallest absolute Gasteiger partial charge is 0.255 e. The van der Waals surface area contributed by atoms with Gasteiger partial charge in [0.1, 0.15) is 5.54 Å². The van der Waals surface area contributed by atoms with Gasteiger partial charge in [-0.2, -0.15) is 0 Å². The molecule has 0 radical (unpaired) electrons. The summed E-state index contributed by atoms with van der Waals surface area (Å²) >= 11 is 1.63. The molecule has 4 heterocycles. The van der Waals surface area contributed by atoms with Crippen molar-refractivity contribution in [2.75, 3.05) is 26.2 Å². The summed E-state index contributed by atoms with van der Waals surface area (Å²) in [6.45, 7) is 7.16. The van der Waals surface area contributed by atoms with Crippen molar-refractivity contribution in [1.29, 1.82) is 0 Å². The molecule has 2 amide bonds. The van der Waals surface area contributed by atoms with Crippen molar-refractivity contribution in [3.8, 4) is 0 Å². The van der Waals surface area contributed by atoms with E-state index in [-0.39, 0.29) is 11.8 Å². The predicted octanol–water partition coefficient (Wildman–Crippen LogP) is 1.76. The molecular formula is C20H25N5O2S. The number of hydrogen-bond donors (Lipinski definition) is 1. The summed E-state index contributed by atoms with van der Waals surface area (Å²) in [6, 6.07) is 3.67. The first-order valence-electron chi connectivity index (χ1n) is 9.64. The van der Waals surface area contributed by atoms with Gasteiger partial charge in [0.15, 0.2) is 0 Å². The number of thiazole rings is 1. The van der Waals surface area contributed by atoms with Crippen LogP contribution in [-0.4, -0.2) is 63.3 Å². The van der Waals surface area contributed by atoms with E-state index in [0.717, 1.165) is 22.9 Å². The molecule has 0 bridgehead atoms. The zero-order chi connectivity index (χ0) is 19.7. The van der Waals surface area contributed by atoms with Gasteiger partial charge in [-0.1, -0.05) is 0 Å². The Morgan fingerprint density at radius 1 is 1.25 bits per heavy atom. The highest BCUT2D eigenvalue weighted by Gasteiger charge is 2.48. The van der Waals surface area contributed by atoms with E-state index >= 15 is 0 Å². The quantitative estimate of drug-likeness (QED) is 0.851. The summed E-state index contributed by atoms with van der Waals surface area (Å²) in [4.78, 5) is 38.6.